The van der Waals surface area contributed by atoms with E-state index >= 15 is 0 Å². The molecule has 1 aromatic carbocycles. The predicted molar refractivity (Wildman–Crippen MR) is 137 cm³/mol. The SMILES string of the molecule is O=C[C@H](CC(=O)O)NC(=O)[C@@H]1CCCN2C(=O)CC[C@H](NC(=O)c3ccc(O)c(CN4CCOCC4)c3)C(=O)N12. The fraction of sp³-hybridized carbons (Fsp3) is 0.538. The van der Waals surface area contributed by atoms with Gasteiger partial charge in [0.05, 0.1) is 25.7 Å². The number of nitrogens with zero attached hydrogens (tertiary/aromatic N) is 3. The largest absolute Gasteiger partial charge is 0.508 e. The number of aromatic hydroxyl groups is 1. The number of nitrogens with one attached hydrogen (secondary N) is 2. The van der Waals surface area contributed by atoms with Crippen LogP contribution in [0.25, 0.3) is 0 Å². The number of amides is 4. The van der Waals surface area contributed by atoms with E-state index in [4.69, 9.17) is 9.84 Å². The molecule has 0 bridgehead atoms. The Bertz CT molecular complexity index is 1170. The molecule has 0 spiro atoms. The number of carbonyl (C=O) groups excluding carboxylic acids is 5. The van der Waals surface area contributed by atoms with Crippen molar-refractivity contribution in [2.45, 2.75) is 56.8 Å². The summed E-state index contributed by atoms with van der Waals surface area (Å²) in [6, 6.07) is 0.828. The Hall–Kier alpha value is -4.04. The molecule has 0 unspecified atom stereocenters. The quantitative estimate of drug-likeness (QED) is 0.274. The second-order valence-corrected chi connectivity index (χ2v) is 10.0. The first-order valence-electron chi connectivity index (χ1n) is 13.2. The van der Waals surface area contributed by atoms with Gasteiger partial charge >= 0.3 is 5.97 Å². The summed E-state index contributed by atoms with van der Waals surface area (Å²) in [5, 5.41) is 26.5. The molecule has 4 amide bonds. The van der Waals surface area contributed by atoms with E-state index in [0.717, 1.165) is 5.01 Å². The number of carboxylic acids is 1. The Morgan fingerprint density at radius 1 is 1.12 bits per heavy atom. The Morgan fingerprint density at radius 2 is 1.88 bits per heavy atom. The second-order valence-electron chi connectivity index (χ2n) is 10.0. The van der Waals surface area contributed by atoms with Gasteiger partial charge in [0.25, 0.3) is 11.8 Å². The van der Waals surface area contributed by atoms with Crippen LogP contribution in [0.5, 0.6) is 5.75 Å². The summed E-state index contributed by atoms with van der Waals surface area (Å²) in [5.41, 5.74) is 0.763. The lowest BCUT2D eigenvalue weighted by atomic mass is 10.0. The zero-order valence-electron chi connectivity index (χ0n) is 21.9. The first-order chi connectivity index (χ1) is 19.2. The molecule has 0 radical (unpaired) electrons. The number of aliphatic carboxylic acids is 1. The summed E-state index contributed by atoms with van der Waals surface area (Å²) >= 11 is 0. The van der Waals surface area contributed by atoms with Crippen molar-refractivity contribution in [1.82, 2.24) is 25.6 Å². The van der Waals surface area contributed by atoms with E-state index in [-0.39, 0.29) is 37.1 Å². The highest BCUT2D eigenvalue weighted by molar-refractivity contribution is 6.00. The highest BCUT2D eigenvalue weighted by atomic mass is 16.5. The molecule has 3 fully saturated rings. The number of phenolic OH excluding ortho intramolecular Hbond substituents is 1. The molecule has 3 saturated heterocycles. The molecule has 0 aromatic heterocycles. The van der Waals surface area contributed by atoms with E-state index in [0.29, 0.717) is 51.1 Å². The molecule has 4 N–H and O–H groups in total. The normalized spacial score (nSPS) is 22.6. The van der Waals surface area contributed by atoms with E-state index < -0.39 is 54.1 Å². The number of ether oxygens (including phenoxy) is 1. The van der Waals surface area contributed by atoms with Crippen LogP contribution in [0.4, 0.5) is 0 Å². The van der Waals surface area contributed by atoms with Gasteiger partial charge in [-0.05, 0) is 37.5 Å². The van der Waals surface area contributed by atoms with E-state index in [1.54, 1.807) is 6.07 Å². The second kappa shape index (κ2) is 12.9. The number of phenols is 1. The van der Waals surface area contributed by atoms with Gasteiger partial charge in [-0.3, -0.25) is 33.9 Å². The fourth-order valence-electron chi connectivity index (χ4n) is 5.10. The third kappa shape index (κ3) is 6.74. The van der Waals surface area contributed by atoms with Gasteiger partial charge < -0.3 is 30.4 Å². The number of carboxylic acid groups (broad SMARTS) is 1. The van der Waals surface area contributed by atoms with Crippen molar-refractivity contribution in [1.29, 1.82) is 0 Å². The predicted octanol–water partition coefficient (Wildman–Crippen LogP) is -0.990. The average molecular weight is 560 g/mol. The smallest absolute Gasteiger partial charge is 0.305 e. The van der Waals surface area contributed by atoms with E-state index in [1.165, 1.54) is 17.1 Å². The summed E-state index contributed by atoms with van der Waals surface area (Å²) in [6.07, 6.45) is 0.237. The van der Waals surface area contributed by atoms with E-state index in [1.807, 2.05) is 0 Å². The van der Waals surface area contributed by atoms with Crippen molar-refractivity contribution >= 4 is 35.9 Å². The van der Waals surface area contributed by atoms with Crippen LogP contribution in [-0.2, 0) is 35.3 Å². The molecule has 1 aromatic rings. The first kappa shape index (κ1) is 29.0. The van der Waals surface area contributed by atoms with Gasteiger partial charge in [-0.1, -0.05) is 0 Å². The van der Waals surface area contributed by atoms with Crippen molar-refractivity contribution in [3.63, 3.8) is 0 Å². The molecule has 0 saturated carbocycles. The standard InChI is InChI=1S/C26H33N5O9/c32-15-18(13-23(35)36)27-25(38)20-2-1-7-30-22(34)6-4-19(26(39)31(20)30)28-24(37)16-3-5-21(33)17(12-16)14-29-8-10-40-11-9-29/h3,5,12,15,18-20,33H,1-2,4,6-11,13-14H2,(H,27,38)(H,28,37)(H,35,36)/t18-,19-,20-/m0/s1. The number of hydrogen-bond donors (Lipinski definition) is 4. The molecule has 3 atom stereocenters. The van der Waals surface area contributed by atoms with Crippen LogP contribution in [0.3, 0.4) is 0 Å². The van der Waals surface area contributed by atoms with Crippen molar-refractivity contribution in [2.24, 2.45) is 0 Å². The Balaban J connectivity index is 1.50. The van der Waals surface area contributed by atoms with Gasteiger partial charge in [0.2, 0.25) is 11.8 Å². The molecule has 3 aliphatic rings. The lowest BCUT2D eigenvalue weighted by Gasteiger charge is -2.43. The van der Waals surface area contributed by atoms with E-state index in [9.17, 15) is 33.9 Å². The van der Waals surface area contributed by atoms with Crippen molar-refractivity contribution < 1.29 is 43.7 Å². The number of benzene rings is 1. The van der Waals surface area contributed by atoms with Gasteiger partial charge in [0, 0.05) is 43.7 Å². The summed E-state index contributed by atoms with van der Waals surface area (Å²) < 4.78 is 5.35. The van der Waals surface area contributed by atoms with Crippen LogP contribution in [0.2, 0.25) is 0 Å². The maximum absolute atomic E-state index is 13.6. The van der Waals surface area contributed by atoms with Gasteiger partial charge in [-0.15, -0.1) is 0 Å². The maximum Gasteiger partial charge on any atom is 0.305 e. The number of rotatable bonds is 9. The molecular weight excluding hydrogens is 526 g/mol. The molecule has 0 aliphatic carbocycles. The van der Waals surface area contributed by atoms with Crippen molar-refractivity contribution in [3.8, 4) is 5.75 Å². The molecule has 3 aliphatic heterocycles. The minimum absolute atomic E-state index is 0.0133. The van der Waals surface area contributed by atoms with E-state index in [2.05, 4.69) is 15.5 Å². The average Bonchev–Trinajstić information content (AvgIpc) is 3.06. The third-order valence-corrected chi connectivity index (χ3v) is 7.20. The Labute approximate surface area is 230 Å². The number of aldehydes is 1. The minimum atomic E-state index is -1.30. The summed E-state index contributed by atoms with van der Waals surface area (Å²) in [5.74, 6) is -3.64. The van der Waals surface area contributed by atoms with Crippen molar-refractivity contribution in [3.05, 3.63) is 29.3 Å². The molecule has 216 valence electrons. The van der Waals surface area contributed by atoms with Gasteiger partial charge in [0.15, 0.2) is 0 Å². The van der Waals surface area contributed by atoms with Crippen LogP contribution in [0.1, 0.15) is 48.0 Å². The first-order valence-corrected chi connectivity index (χ1v) is 13.2. The fourth-order valence-corrected chi connectivity index (χ4v) is 5.10. The van der Waals surface area contributed by atoms with Crippen LogP contribution in [-0.4, -0.2) is 112 Å². The lowest BCUT2D eigenvalue weighted by Crippen LogP contribution is -2.64. The monoisotopic (exact) mass is 559 g/mol. The number of morpholine rings is 1. The number of fused-ring (bicyclic) bond motifs is 1. The van der Waals surface area contributed by atoms with Crippen LogP contribution in [0, 0.1) is 0 Å². The molecule has 40 heavy (non-hydrogen) atoms. The molecule has 3 heterocycles. The summed E-state index contributed by atoms with van der Waals surface area (Å²) in [6.45, 7) is 3.13. The maximum atomic E-state index is 13.6. The van der Waals surface area contributed by atoms with Crippen LogP contribution >= 0.6 is 0 Å². The number of carbonyl (C=O) groups is 6. The highest BCUT2D eigenvalue weighted by Gasteiger charge is 2.45. The van der Waals surface area contributed by atoms with Crippen LogP contribution < -0.4 is 10.6 Å². The molecule has 14 nitrogen and oxygen atoms in total. The number of hydrazine groups is 1. The zero-order valence-corrected chi connectivity index (χ0v) is 21.9. The zero-order chi connectivity index (χ0) is 28.8. The molecule has 14 heteroatoms. The summed E-state index contributed by atoms with van der Waals surface area (Å²) in [4.78, 5) is 77.1. The van der Waals surface area contributed by atoms with Gasteiger partial charge in [-0.25, -0.2) is 5.01 Å². The van der Waals surface area contributed by atoms with Gasteiger partial charge in [0.1, 0.15) is 24.1 Å². The molecular formula is C26H33N5O9. The van der Waals surface area contributed by atoms with Crippen LogP contribution in [0.15, 0.2) is 18.2 Å². The third-order valence-electron chi connectivity index (χ3n) is 7.20. The Kier molecular flexibility index (Phi) is 9.32. The van der Waals surface area contributed by atoms with Gasteiger partial charge in [-0.2, -0.15) is 0 Å². The Morgan fingerprint density at radius 3 is 2.58 bits per heavy atom. The topological polar surface area (TPSA) is 186 Å². The minimum Gasteiger partial charge on any atom is -0.508 e. The number of hydrogen-bond acceptors (Lipinski definition) is 9. The molecule has 4 rings (SSSR count). The summed E-state index contributed by atoms with van der Waals surface area (Å²) in [7, 11) is 0. The lowest BCUT2D eigenvalue weighted by molar-refractivity contribution is -0.176. The highest BCUT2D eigenvalue weighted by Crippen LogP contribution is 2.26. The van der Waals surface area contributed by atoms with Crippen molar-refractivity contribution in [2.75, 3.05) is 32.8 Å².